The number of phenolic OH excluding ortho intramolecular Hbond substituents is 1. The van der Waals surface area contributed by atoms with E-state index in [0.29, 0.717) is 5.57 Å². The molecule has 0 fully saturated rings. The number of carbonyl (C=O) groups is 5. The van der Waals surface area contributed by atoms with Crippen LogP contribution in [0.4, 0.5) is 0 Å². The number of aromatic hydroxyl groups is 1. The number of halogens is 1. The summed E-state index contributed by atoms with van der Waals surface area (Å²) < 4.78 is 0. The number of hydrogen-bond donors (Lipinski definition) is 5. The molecule has 1 amide bonds. The largest absolute Gasteiger partial charge is 0.507 e. The number of benzene rings is 1. The Kier molecular flexibility index (Phi) is 13.9. The highest BCUT2D eigenvalue weighted by Gasteiger charge is 2.38. The van der Waals surface area contributed by atoms with Crippen molar-refractivity contribution < 1.29 is 44.4 Å². The third-order valence-corrected chi connectivity index (χ3v) is 9.13. The second-order valence-electron chi connectivity index (χ2n) is 12.8. The summed E-state index contributed by atoms with van der Waals surface area (Å²) in [5.41, 5.74) is -0.886. The van der Waals surface area contributed by atoms with Gasteiger partial charge in [-0.3, -0.25) is 24.0 Å². The Morgan fingerprint density at radius 2 is 1.42 bits per heavy atom. The molecule has 10 nitrogen and oxygen atoms in total. The fraction of sp³-hybridized carbons (Fsp3) is 0.359. The summed E-state index contributed by atoms with van der Waals surface area (Å²) in [6.07, 6.45) is 12.2. The number of phenols is 1. The number of allylic oxidation sites excluding steroid dienone is 8. The molecule has 1 aromatic rings. The monoisotopic (exact) mass is 705 g/mol. The van der Waals surface area contributed by atoms with Gasteiger partial charge >= 0.3 is 0 Å². The molecule has 50 heavy (non-hydrogen) atoms. The molecule has 0 unspecified atom stereocenters. The fourth-order valence-corrected chi connectivity index (χ4v) is 5.73. The zero-order chi connectivity index (χ0) is 37.4. The van der Waals surface area contributed by atoms with Crippen molar-refractivity contribution in [2.45, 2.75) is 72.7 Å². The molecule has 0 radical (unpaired) electrons. The summed E-state index contributed by atoms with van der Waals surface area (Å²) >= 11 is 6.31. The molecule has 4 rings (SSSR count). The lowest BCUT2D eigenvalue weighted by Gasteiger charge is -2.23. The van der Waals surface area contributed by atoms with Gasteiger partial charge in [-0.05, 0) is 50.0 Å². The first-order valence-electron chi connectivity index (χ1n) is 16.3. The first-order chi connectivity index (χ1) is 23.5. The number of fused-ring (bicyclic) bond motifs is 18. The van der Waals surface area contributed by atoms with Crippen molar-refractivity contribution in [2.24, 2.45) is 17.8 Å². The van der Waals surface area contributed by atoms with Crippen LogP contribution in [0.2, 0.25) is 0 Å². The maximum atomic E-state index is 13.8. The van der Waals surface area contributed by atoms with Gasteiger partial charge in [0.05, 0.1) is 23.9 Å². The van der Waals surface area contributed by atoms with Gasteiger partial charge in [0.1, 0.15) is 16.5 Å². The summed E-state index contributed by atoms with van der Waals surface area (Å²) in [6.45, 7) is 9.66. The number of aryl methyl sites for hydroxylation is 1. The quantitative estimate of drug-likeness (QED) is 0.224. The van der Waals surface area contributed by atoms with Crippen molar-refractivity contribution in [3.8, 4) is 5.75 Å². The summed E-state index contributed by atoms with van der Waals surface area (Å²) in [5.74, 6) is -5.52. The van der Waals surface area contributed by atoms with Crippen LogP contribution in [0, 0.1) is 24.7 Å². The van der Waals surface area contributed by atoms with Crippen LogP contribution in [0.5, 0.6) is 5.75 Å². The molecule has 5 N–H and O–H groups in total. The zero-order valence-electron chi connectivity index (χ0n) is 28.9. The van der Waals surface area contributed by atoms with Gasteiger partial charge in [0.25, 0.3) is 0 Å². The van der Waals surface area contributed by atoms with Crippen molar-refractivity contribution in [1.29, 1.82) is 0 Å². The van der Waals surface area contributed by atoms with Crippen LogP contribution in [-0.2, 0) is 9.59 Å². The highest BCUT2D eigenvalue weighted by atomic mass is 35.5. The van der Waals surface area contributed by atoms with E-state index in [1.54, 1.807) is 58.1 Å². The van der Waals surface area contributed by atoms with E-state index < -0.39 is 81.0 Å². The Hall–Kier alpha value is -4.48. The van der Waals surface area contributed by atoms with Gasteiger partial charge in [0, 0.05) is 41.4 Å². The lowest BCUT2D eigenvalue weighted by atomic mass is 9.83. The first-order valence-corrected chi connectivity index (χ1v) is 16.7. The standard InChI is InChI=1S/C39H44ClNO9/c1-20-11-9-7-8-10-12-30(45)41-34-33(40)39(50)31-27(38(34)49)18-25(6)37(48)32(31)36(47)24(5)17-23(4)35(46)22(3)14-16-26(42)15-13-21(2)29(44)19-28(20)43/h7-14,16-18,20,22-23,26,28,35,42-43,46,48H,15,19H2,1-6H3,(H,41,45)/b8-7+,11-9-,12-10-,16-14+,21-13+,24-17-/t20-,22+,23+,26+,28+,35+/m1/s1. The van der Waals surface area contributed by atoms with E-state index in [-0.39, 0.29) is 41.2 Å². The molecular weight excluding hydrogens is 662 g/mol. The Balaban J connectivity index is 2.05. The molecule has 11 heteroatoms. The molecule has 4 bridgehead atoms. The number of ketones is 4. The Morgan fingerprint density at radius 1 is 0.760 bits per heavy atom. The Bertz CT molecular complexity index is 1770. The minimum Gasteiger partial charge on any atom is -0.507 e. The smallest absolute Gasteiger partial charge is 0.248 e. The van der Waals surface area contributed by atoms with Crippen LogP contribution in [-0.4, -0.2) is 67.8 Å². The summed E-state index contributed by atoms with van der Waals surface area (Å²) in [6, 6.07) is 1.25. The van der Waals surface area contributed by atoms with Crippen molar-refractivity contribution >= 4 is 40.6 Å². The Morgan fingerprint density at radius 3 is 2.10 bits per heavy atom. The highest BCUT2D eigenvalue weighted by molar-refractivity contribution is 6.51. The number of carbonyl (C=O) groups excluding carboxylic acids is 5. The number of hydrogen-bond acceptors (Lipinski definition) is 9. The van der Waals surface area contributed by atoms with Gasteiger partial charge in [-0.25, -0.2) is 0 Å². The minimum absolute atomic E-state index is 0.0807. The van der Waals surface area contributed by atoms with E-state index >= 15 is 0 Å². The zero-order valence-corrected chi connectivity index (χ0v) is 29.7. The molecule has 0 aromatic heterocycles. The first kappa shape index (κ1) is 40.0. The second-order valence-corrected chi connectivity index (χ2v) is 13.2. The molecule has 0 saturated heterocycles. The molecule has 266 valence electrons. The van der Waals surface area contributed by atoms with E-state index in [9.17, 15) is 44.4 Å². The lowest BCUT2D eigenvalue weighted by molar-refractivity contribution is -0.118. The van der Waals surface area contributed by atoms with Crippen LogP contribution in [0.1, 0.15) is 84.1 Å². The van der Waals surface area contributed by atoms with Crippen molar-refractivity contribution in [3.63, 3.8) is 0 Å². The van der Waals surface area contributed by atoms with Gasteiger partial charge in [0.2, 0.25) is 17.5 Å². The molecule has 3 aliphatic rings. The third kappa shape index (κ3) is 9.60. The second kappa shape index (κ2) is 17.4. The lowest BCUT2D eigenvalue weighted by Crippen LogP contribution is -2.33. The number of amides is 1. The maximum Gasteiger partial charge on any atom is 0.248 e. The van der Waals surface area contributed by atoms with Crippen LogP contribution in [0.3, 0.4) is 0 Å². The Labute approximate surface area is 296 Å². The number of aliphatic hydroxyl groups excluding tert-OH is 3. The number of rotatable bonds is 0. The predicted octanol–water partition coefficient (Wildman–Crippen LogP) is 5.30. The van der Waals surface area contributed by atoms with Gasteiger partial charge < -0.3 is 25.7 Å². The van der Waals surface area contributed by atoms with Gasteiger partial charge in [-0.15, -0.1) is 0 Å². The molecule has 1 aliphatic carbocycles. The molecule has 2 heterocycles. The summed E-state index contributed by atoms with van der Waals surface area (Å²) in [4.78, 5) is 66.2. The number of Topliss-reactive ketones (excluding diaryl/α,β-unsaturated/α-hetero) is 4. The molecule has 1 aromatic carbocycles. The van der Waals surface area contributed by atoms with Gasteiger partial charge in [-0.1, -0.05) is 87.1 Å². The molecule has 2 aliphatic heterocycles. The topological polar surface area (TPSA) is 178 Å². The molecule has 6 atom stereocenters. The van der Waals surface area contributed by atoms with E-state index in [0.717, 1.165) is 6.08 Å². The minimum atomic E-state index is -1.01. The van der Waals surface area contributed by atoms with Crippen LogP contribution in [0.25, 0.3) is 0 Å². The predicted molar refractivity (Wildman–Crippen MR) is 191 cm³/mol. The summed E-state index contributed by atoms with van der Waals surface area (Å²) in [5, 5.41) is 44.7. The van der Waals surface area contributed by atoms with Crippen molar-refractivity contribution in [3.05, 3.63) is 111 Å². The molecule has 0 saturated carbocycles. The van der Waals surface area contributed by atoms with Crippen LogP contribution in [0.15, 0.2) is 88.7 Å². The SMILES string of the molecule is C/C1=C/[C@H](C)[C@@H](O)[C@@H](C)/C=C/[C@@H](O)C/C=C(\C)C(=O)C[C@H](O)[C@H](C)\C=C/C=C/C=C\C(=O)NC2=C(Cl)C(=O)c3c(cc(C)c(O)c3C1=O)C2=O. The van der Waals surface area contributed by atoms with Crippen molar-refractivity contribution in [2.75, 3.05) is 0 Å². The summed E-state index contributed by atoms with van der Waals surface area (Å²) in [7, 11) is 0. The average Bonchev–Trinajstić information content (AvgIpc) is 3.07. The van der Waals surface area contributed by atoms with Crippen molar-refractivity contribution in [1.82, 2.24) is 5.32 Å². The van der Waals surface area contributed by atoms with E-state index in [2.05, 4.69) is 5.32 Å². The fourth-order valence-electron chi connectivity index (χ4n) is 5.51. The van der Waals surface area contributed by atoms with E-state index in [4.69, 9.17) is 11.6 Å². The highest BCUT2D eigenvalue weighted by Crippen LogP contribution is 2.37. The maximum absolute atomic E-state index is 13.8. The molecule has 0 spiro atoms. The van der Waals surface area contributed by atoms with Gasteiger partial charge in [0.15, 0.2) is 11.6 Å². The third-order valence-electron chi connectivity index (χ3n) is 8.77. The van der Waals surface area contributed by atoms with E-state index in [1.165, 1.54) is 44.2 Å². The number of aliphatic hydroxyl groups is 3. The normalized spacial score (nSPS) is 31.4. The van der Waals surface area contributed by atoms with Crippen LogP contribution < -0.4 is 5.32 Å². The number of nitrogens with one attached hydrogen (secondary N) is 1. The van der Waals surface area contributed by atoms with Gasteiger partial charge in [-0.2, -0.15) is 0 Å². The van der Waals surface area contributed by atoms with E-state index in [1.807, 2.05) is 0 Å². The average molecular weight is 706 g/mol. The molecular formula is C39H44ClNO9. The van der Waals surface area contributed by atoms with Crippen LogP contribution >= 0.6 is 11.6 Å².